The van der Waals surface area contributed by atoms with Crippen molar-refractivity contribution in [2.45, 2.75) is 26.2 Å². The van der Waals surface area contributed by atoms with Gasteiger partial charge in [-0.1, -0.05) is 6.92 Å². The Morgan fingerprint density at radius 2 is 2.15 bits per heavy atom. The molecule has 0 aromatic carbocycles. The number of hydrogen-bond donors (Lipinski definition) is 1. The second-order valence-corrected chi connectivity index (χ2v) is 5.82. The molecular weight excluding hydrogens is 192 g/mol. The Kier molecular flexibility index (Phi) is 2.66. The van der Waals surface area contributed by atoms with Crippen LogP contribution in [0.15, 0.2) is 0 Å². The molecule has 0 radical (unpaired) electrons. The molecule has 1 unspecified atom stereocenters. The van der Waals surface area contributed by atoms with Crippen molar-refractivity contribution in [2.75, 3.05) is 11.5 Å². The molecule has 76 valence electrons. The Labute approximate surface area is 77.9 Å². The van der Waals surface area contributed by atoms with E-state index in [1.165, 1.54) is 0 Å². The molecule has 4 nitrogen and oxygen atoms in total. The number of carbonyl (C=O) groups is 1. The summed E-state index contributed by atoms with van der Waals surface area (Å²) in [6.45, 7) is 1.73. The predicted octanol–water partition coefficient (Wildman–Crippen LogP) is 0.676. The van der Waals surface area contributed by atoms with Crippen molar-refractivity contribution < 1.29 is 18.3 Å². The number of rotatable bonds is 2. The monoisotopic (exact) mass is 206 g/mol. The molecule has 1 rings (SSSR count). The van der Waals surface area contributed by atoms with Crippen LogP contribution in [0, 0.1) is 5.41 Å². The van der Waals surface area contributed by atoms with E-state index in [9.17, 15) is 13.2 Å². The first-order valence-corrected chi connectivity index (χ1v) is 6.18. The van der Waals surface area contributed by atoms with E-state index in [4.69, 9.17) is 5.11 Å². The first-order valence-electron chi connectivity index (χ1n) is 4.36. The third-order valence-electron chi connectivity index (χ3n) is 2.74. The number of carboxylic acid groups (broad SMARTS) is 1. The highest BCUT2D eigenvalue weighted by atomic mass is 32.2. The highest BCUT2D eigenvalue weighted by Gasteiger charge is 2.43. The molecule has 5 heteroatoms. The van der Waals surface area contributed by atoms with Crippen LogP contribution >= 0.6 is 0 Å². The van der Waals surface area contributed by atoms with Crippen molar-refractivity contribution in [2.24, 2.45) is 5.41 Å². The zero-order valence-electron chi connectivity index (χ0n) is 7.62. The predicted molar refractivity (Wildman–Crippen MR) is 48.2 cm³/mol. The molecule has 1 heterocycles. The minimum absolute atomic E-state index is 0.141. The van der Waals surface area contributed by atoms with Gasteiger partial charge in [0.25, 0.3) is 0 Å². The van der Waals surface area contributed by atoms with Gasteiger partial charge in [0.15, 0.2) is 9.84 Å². The van der Waals surface area contributed by atoms with Crippen LogP contribution in [0.1, 0.15) is 26.2 Å². The second kappa shape index (κ2) is 3.29. The van der Waals surface area contributed by atoms with E-state index < -0.39 is 21.2 Å². The molecule has 0 spiro atoms. The van der Waals surface area contributed by atoms with Crippen molar-refractivity contribution in [1.29, 1.82) is 0 Å². The van der Waals surface area contributed by atoms with E-state index in [1.807, 2.05) is 0 Å². The maximum Gasteiger partial charge on any atom is 0.310 e. The average Bonchev–Trinajstić information content (AvgIpc) is 2.02. The second-order valence-electron chi connectivity index (χ2n) is 3.63. The van der Waals surface area contributed by atoms with Crippen LogP contribution in [-0.4, -0.2) is 31.0 Å². The molecule has 0 aromatic heterocycles. The van der Waals surface area contributed by atoms with Crippen molar-refractivity contribution in [3.63, 3.8) is 0 Å². The maximum absolute atomic E-state index is 11.3. The topological polar surface area (TPSA) is 71.4 Å². The molecule has 1 aliphatic rings. The lowest BCUT2D eigenvalue weighted by Gasteiger charge is -2.31. The maximum atomic E-state index is 11.3. The number of sulfone groups is 1. The minimum atomic E-state index is -3.13. The summed E-state index contributed by atoms with van der Waals surface area (Å²) in [5.74, 6) is -1.02. The van der Waals surface area contributed by atoms with Crippen molar-refractivity contribution in [1.82, 2.24) is 0 Å². The summed E-state index contributed by atoms with van der Waals surface area (Å²) in [6, 6.07) is 0. The van der Waals surface area contributed by atoms with Gasteiger partial charge in [0.05, 0.1) is 16.9 Å². The van der Waals surface area contributed by atoms with Gasteiger partial charge in [-0.2, -0.15) is 0 Å². The normalized spacial score (nSPS) is 32.7. The van der Waals surface area contributed by atoms with E-state index in [2.05, 4.69) is 0 Å². The Morgan fingerprint density at radius 1 is 1.54 bits per heavy atom. The van der Waals surface area contributed by atoms with Crippen LogP contribution in [0.25, 0.3) is 0 Å². The van der Waals surface area contributed by atoms with Gasteiger partial charge in [-0.15, -0.1) is 0 Å². The molecule has 0 aliphatic carbocycles. The zero-order valence-corrected chi connectivity index (χ0v) is 8.43. The van der Waals surface area contributed by atoms with Crippen molar-refractivity contribution >= 4 is 15.8 Å². The van der Waals surface area contributed by atoms with Crippen LogP contribution in [0.4, 0.5) is 0 Å². The molecule has 13 heavy (non-hydrogen) atoms. The minimum Gasteiger partial charge on any atom is -0.481 e. The summed E-state index contributed by atoms with van der Waals surface area (Å²) < 4.78 is 22.5. The summed E-state index contributed by atoms with van der Waals surface area (Å²) in [5, 5.41) is 8.96. The Bertz CT molecular complexity index is 306. The smallest absolute Gasteiger partial charge is 0.310 e. The summed E-state index contributed by atoms with van der Waals surface area (Å²) >= 11 is 0. The van der Waals surface area contributed by atoms with Gasteiger partial charge in [-0.3, -0.25) is 4.79 Å². The van der Waals surface area contributed by atoms with Crippen LogP contribution in [0.5, 0.6) is 0 Å². The van der Waals surface area contributed by atoms with Crippen LogP contribution in [0.2, 0.25) is 0 Å². The molecule has 0 bridgehead atoms. The SMILES string of the molecule is CCC1(C(=O)O)CCCS(=O)(=O)C1. The fourth-order valence-electron chi connectivity index (χ4n) is 1.79. The Hall–Kier alpha value is -0.580. The highest BCUT2D eigenvalue weighted by Crippen LogP contribution is 2.34. The average molecular weight is 206 g/mol. The fraction of sp³-hybridized carbons (Fsp3) is 0.875. The molecular formula is C8H14O4S. The van der Waals surface area contributed by atoms with Crippen molar-refractivity contribution in [3.05, 3.63) is 0 Å². The lowest BCUT2D eigenvalue weighted by Crippen LogP contribution is -2.42. The fourth-order valence-corrected chi connectivity index (χ4v) is 3.84. The van der Waals surface area contributed by atoms with Gasteiger partial charge in [0, 0.05) is 0 Å². The molecule has 1 fully saturated rings. The van der Waals surface area contributed by atoms with Gasteiger partial charge in [0.2, 0.25) is 0 Å². The van der Waals surface area contributed by atoms with Crippen LogP contribution < -0.4 is 0 Å². The summed E-state index contributed by atoms with van der Waals surface area (Å²) in [5.41, 5.74) is -1.02. The van der Waals surface area contributed by atoms with Gasteiger partial charge in [0.1, 0.15) is 0 Å². The summed E-state index contributed by atoms with van der Waals surface area (Å²) in [4.78, 5) is 10.9. The summed E-state index contributed by atoms with van der Waals surface area (Å²) in [6.07, 6.45) is 1.35. The molecule has 0 amide bonds. The van der Waals surface area contributed by atoms with Crippen LogP contribution in [0.3, 0.4) is 0 Å². The van der Waals surface area contributed by atoms with Gasteiger partial charge >= 0.3 is 5.97 Å². The lowest BCUT2D eigenvalue weighted by atomic mass is 9.82. The Balaban J connectivity index is 2.95. The number of aliphatic carboxylic acids is 1. The summed E-state index contributed by atoms with van der Waals surface area (Å²) in [7, 11) is -3.13. The molecule has 1 atom stereocenters. The number of carboxylic acids is 1. The molecule has 0 aromatic rings. The first kappa shape index (κ1) is 10.5. The largest absolute Gasteiger partial charge is 0.481 e. The van der Waals surface area contributed by atoms with Gasteiger partial charge < -0.3 is 5.11 Å². The zero-order chi connectivity index (χ0) is 10.1. The quantitative estimate of drug-likeness (QED) is 0.721. The first-order chi connectivity index (χ1) is 5.92. The molecule has 1 N–H and O–H groups in total. The third-order valence-corrected chi connectivity index (χ3v) is 4.64. The van der Waals surface area contributed by atoms with E-state index in [0.717, 1.165) is 0 Å². The molecule has 1 aliphatic heterocycles. The Morgan fingerprint density at radius 3 is 2.46 bits per heavy atom. The van der Waals surface area contributed by atoms with E-state index in [-0.39, 0.29) is 11.5 Å². The van der Waals surface area contributed by atoms with Gasteiger partial charge in [-0.05, 0) is 19.3 Å². The van der Waals surface area contributed by atoms with Crippen LogP contribution in [-0.2, 0) is 14.6 Å². The highest BCUT2D eigenvalue weighted by molar-refractivity contribution is 7.91. The number of hydrogen-bond acceptors (Lipinski definition) is 3. The van der Waals surface area contributed by atoms with E-state index in [0.29, 0.717) is 19.3 Å². The van der Waals surface area contributed by atoms with Gasteiger partial charge in [-0.25, -0.2) is 8.42 Å². The van der Waals surface area contributed by atoms with Crippen molar-refractivity contribution in [3.8, 4) is 0 Å². The standard InChI is InChI=1S/C8H14O4S/c1-2-8(7(9)10)4-3-5-13(11,12)6-8/h2-6H2,1H3,(H,9,10). The lowest BCUT2D eigenvalue weighted by molar-refractivity contribution is -0.148. The van der Waals surface area contributed by atoms with E-state index >= 15 is 0 Å². The molecule has 0 saturated carbocycles. The molecule has 1 saturated heterocycles. The third kappa shape index (κ3) is 2.02. The van der Waals surface area contributed by atoms with E-state index in [1.54, 1.807) is 6.92 Å².